The van der Waals surface area contributed by atoms with Crippen molar-refractivity contribution in [2.45, 2.75) is 76.4 Å². The number of aliphatic carboxylic acids is 1. The predicted octanol–water partition coefficient (Wildman–Crippen LogP) is 9.03. The first-order valence-electron chi connectivity index (χ1n) is 21.0. The third-order valence-electron chi connectivity index (χ3n) is 11.6. The lowest BCUT2D eigenvalue weighted by atomic mass is 9.78. The molecule has 70 heavy (non-hydrogen) atoms. The van der Waals surface area contributed by atoms with Gasteiger partial charge in [-0.2, -0.15) is 4.39 Å². The van der Waals surface area contributed by atoms with Crippen LogP contribution >= 0.6 is 57.5 Å². The zero-order valence-corrected chi connectivity index (χ0v) is 41.4. The molecule has 2 aliphatic rings. The molecule has 0 spiro atoms. The smallest absolute Gasteiger partial charge is 0.317 e. The molecule has 6 aromatic rings. The van der Waals surface area contributed by atoms with E-state index in [4.69, 9.17) is 44.3 Å². The zero-order chi connectivity index (χ0) is 50.1. The fraction of sp³-hybridized carbons (Fsp3) is 0.239. The largest absolute Gasteiger partial charge is 0.481 e. The normalized spacial score (nSPS) is 17.9. The number of aromatic nitrogens is 2. The number of hydrogen-bond donors (Lipinski definition) is 3. The van der Waals surface area contributed by atoms with Gasteiger partial charge in [-0.1, -0.05) is 81.7 Å². The molecular weight excluding hydrogens is 1050 g/mol. The van der Waals surface area contributed by atoms with E-state index in [1.165, 1.54) is 72.8 Å². The molecule has 16 nitrogen and oxygen atoms in total. The standard InChI is InChI=1S/C46H36Cl3FN4O12S4/c47-26-5-11-30(12-6-26)65-39(24-1-15-32(16-2-24)69(61,62)34-19-9-28(55)21-34)41(57)53-45-52-38(40(49)68-45)37(42(58)59)46(66-31-13-7-27(48)8-14-31,43(60)54-44-51-23-36(50)67-44)25-3-17-33(18-4-25)70(63,64)35-20-10-29(56)22-35/h1-8,11-18,23,34-35,37,39H,9-10,19-22H2,(H,58,59)(H,51,54,60)(H,52,53,57). The van der Waals surface area contributed by atoms with Crippen molar-refractivity contribution in [1.29, 1.82) is 0 Å². The Labute approximate surface area is 422 Å². The molecule has 2 aliphatic carbocycles. The van der Waals surface area contributed by atoms with Crippen molar-refractivity contribution in [1.82, 2.24) is 9.97 Å². The highest BCUT2D eigenvalue weighted by Crippen LogP contribution is 2.47. The van der Waals surface area contributed by atoms with Gasteiger partial charge in [0.1, 0.15) is 27.4 Å². The molecule has 5 unspecified atom stereocenters. The summed E-state index contributed by atoms with van der Waals surface area (Å²) in [6.45, 7) is 0. The Morgan fingerprint density at radius 2 is 1.26 bits per heavy atom. The monoisotopic (exact) mass is 1090 g/mol. The number of carbonyl (C=O) groups excluding carboxylic acids is 4. The molecule has 2 fully saturated rings. The first-order valence-corrected chi connectivity index (χ1v) is 26.8. The molecule has 4 aromatic carbocycles. The number of nitrogens with one attached hydrogen (secondary N) is 2. The average molecular weight is 1090 g/mol. The Kier molecular flexibility index (Phi) is 14.8. The van der Waals surface area contributed by atoms with Crippen molar-refractivity contribution in [2.24, 2.45) is 0 Å². The second kappa shape index (κ2) is 20.5. The number of ether oxygens (including phenoxy) is 2. The van der Waals surface area contributed by atoms with Crippen molar-refractivity contribution in [3.8, 4) is 11.5 Å². The van der Waals surface area contributed by atoms with Crippen LogP contribution in [-0.2, 0) is 49.2 Å². The minimum atomic E-state index is -4.10. The number of benzene rings is 4. The zero-order valence-electron chi connectivity index (χ0n) is 35.8. The molecule has 2 amide bonds. The number of ketones is 2. The highest BCUT2D eigenvalue weighted by atomic mass is 35.5. The van der Waals surface area contributed by atoms with Crippen molar-refractivity contribution < 1.29 is 59.8 Å². The van der Waals surface area contributed by atoms with Gasteiger partial charge >= 0.3 is 5.97 Å². The van der Waals surface area contributed by atoms with Crippen LogP contribution in [0.2, 0.25) is 14.4 Å². The topological polar surface area (TPSA) is 242 Å². The van der Waals surface area contributed by atoms with E-state index in [0.717, 1.165) is 30.5 Å². The van der Waals surface area contributed by atoms with Gasteiger partial charge in [-0.15, -0.1) is 0 Å². The van der Waals surface area contributed by atoms with Crippen LogP contribution in [0.25, 0.3) is 0 Å². The van der Waals surface area contributed by atoms with Gasteiger partial charge in [-0.3, -0.25) is 34.6 Å². The van der Waals surface area contributed by atoms with Gasteiger partial charge in [0.25, 0.3) is 11.8 Å². The lowest BCUT2D eigenvalue weighted by Crippen LogP contribution is -2.52. The number of Topliss-reactive ketones (excluding diaryl/α,β-unsaturated/α-hetero) is 2. The maximum atomic E-state index is 15.0. The van der Waals surface area contributed by atoms with E-state index in [-0.39, 0.29) is 102 Å². The van der Waals surface area contributed by atoms with Gasteiger partial charge in [-0.25, -0.2) is 26.8 Å². The van der Waals surface area contributed by atoms with Crippen molar-refractivity contribution >= 4 is 117 Å². The summed E-state index contributed by atoms with van der Waals surface area (Å²) in [5.41, 5.74) is -3.45. The van der Waals surface area contributed by atoms with Gasteiger partial charge in [0.2, 0.25) is 11.7 Å². The molecule has 0 bridgehead atoms. The van der Waals surface area contributed by atoms with Gasteiger partial charge in [0.05, 0.1) is 32.2 Å². The molecule has 5 atom stereocenters. The second-order valence-electron chi connectivity index (χ2n) is 16.1. The lowest BCUT2D eigenvalue weighted by molar-refractivity contribution is -0.152. The predicted molar refractivity (Wildman–Crippen MR) is 258 cm³/mol. The summed E-state index contributed by atoms with van der Waals surface area (Å²) in [6, 6.07) is 21.3. The van der Waals surface area contributed by atoms with Gasteiger partial charge < -0.3 is 14.6 Å². The van der Waals surface area contributed by atoms with E-state index in [0.29, 0.717) is 27.7 Å². The number of sulfone groups is 2. The number of carboxylic acid groups (broad SMARTS) is 1. The van der Waals surface area contributed by atoms with Gasteiger partial charge in [0, 0.05) is 46.9 Å². The number of amides is 2. The maximum Gasteiger partial charge on any atom is 0.317 e. The quantitative estimate of drug-likeness (QED) is 0.0772. The average Bonchev–Trinajstić information content (AvgIpc) is 4.15. The van der Waals surface area contributed by atoms with Gasteiger partial charge in [0.15, 0.2) is 41.0 Å². The fourth-order valence-corrected chi connectivity index (χ4v) is 13.5. The summed E-state index contributed by atoms with van der Waals surface area (Å²) in [5, 5.41) is 13.5. The summed E-state index contributed by atoms with van der Waals surface area (Å²) in [5.74, 6) is -6.52. The van der Waals surface area contributed by atoms with E-state index in [9.17, 15) is 45.5 Å². The number of carboxylic acids is 1. The van der Waals surface area contributed by atoms with Crippen LogP contribution in [0.4, 0.5) is 14.7 Å². The van der Waals surface area contributed by atoms with E-state index in [1.54, 1.807) is 0 Å². The van der Waals surface area contributed by atoms with Crippen molar-refractivity contribution in [3.63, 3.8) is 0 Å². The Balaban J connectivity index is 1.20. The van der Waals surface area contributed by atoms with Crippen LogP contribution < -0.4 is 20.1 Å². The first-order chi connectivity index (χ1) is 33.2. The molecule has 0 radical (unpaired) electrons. The van der Waals surface area contributed by atoms with Crippen LogP contribution in [0.5, 0.6) is 11.5 Å². The van der Waals surface area contributed by atoms with Gasteiger partial charge in [-0.05, 0) is 85.6 Å². The van der Waals surface area contributed by atoms with Crippen molar-refractivity contribution in [3.05, 3.63) is 140 Å². The number of carbonyl (C=O) groups is 5. The molecule has 2 heterocycles. The SMILES string of the molecule is O=C1CCC(S(=O)(=O)c2ccc(C(Oc3ccc(Cl)cc3)C(=O)Nc3nc(C(C(=O)O)C(Oc4ccc(Cl)cc4)(C(=O)Nc4ncc(F)s4)c4ccc(S(=O)(=O)C5CCC(=O)C5)cc4)c(Cl)s3)cc2)C1. The summed E-state index contributed by atoms with van der Waals surface area (Å²) < 4.78 is 80.7. The molecule has 2 saturated carbocycles. The third kappa shape index (κ3) is 10.6. The van der Waals surface area contributed by atoms with Crippen molar-refractivity contribution in [2.75, 3.05) is 10.6 Å². The van der Waals surface area contributed by atoms with E-state index >= 15 is 4.79 Å². The van der Waals surface area contributed by atoms with E-state index in [1.807, 2.05) is 0 Å². The third-order valence-corrected chi connectivity index (χ3v) is 18.4. The van der Waals surface area contributed by atoms with E-state index in [2.05, 4.69) is 20.6 Å². The minimum Gasteiger partial charge on any atom is -0.481 e. The molecule has 0 saturated heterocycles. The molecule has 364 valence electrons. The van der Waals surface area contributed by atoms with Crippen LogP contribution in [0.1, 0.15) is 67.4 Å². The van der Waals surface area contributed by atoms with Crippen LogP contribution in [-0.4, -0.2) is 71.8 Å². The molecule has 2 aromatic heterocycles. The molecular formula is C46H36Cl3FN4O12S4. The Morgan fingerprint density at radius 3 is 1.74 bits per heavy atom. The number of thiazole rings is 2. The first kappa shape index (κ1) is 50.6. The minimum absolute atomic E-state index is 0.0763. The highest BCUT2D eigenvalue weighted by Gasteiger charge is 2.57. The van der Waals surface area contributed by atoms with Crippen LogP contribution in [0.3, 0.4) is 0 Å². The number of rotatable bonds is 17. The number of hydrogen-bond acceptors (Lipinski definition) is 15. The summed E-state index contributed by atoms with van der Waals surface area (Å²) in [4.78, 5) is 75.3. The molecule has 0 aliphatic heterocycles. The van der Waals surface area contributed by atoms with Crippen LogP contribution in [0.15, 0.2) is 113 Å². The fourth-order valence-electron chi connectivity index (χ4n) is 8.10. The summed E-state index contributed by atoms with van der Waals surface area (Å²) >= 11 is 20.1. The summed E-state index contributed by atoms with van der Waals surface area (Å²) in [7, 11) is -8.01. The Hall–Kier alpha value is -5.81. The van der Waals surface area contributed by atoms with E-state index < -0.39 is 76.4 Å². The number of nitrogens with zero attached hydrogens (tertiary/aromatic N) is 2. The highest BCUT2D eigenvalue weighted by molar-refractivity contribution is 7.92. The van der Waals surface area contributed by atoms with Crippen LogP contribution in [0, 0.1) is 5.13 Å². The molecule has 3 N–H and O–H groups in total. The lowest BCUT2D eigenvalue weighted by Gasteiger charge is -2.37. The Bertz CT molecular complexity index is 3230. The Morgan fingerprint density at radius 1 is 0.729 bits per heavy atom. The second-order valence-corrected chi connectivity index (χ2v) is 24.0. The molecule has 8 rings (SSSR count). The number of halogens is 4. The maximum absolute atomic E-state index is 15.0. The summed E-state index contributed by atoms with van der Waals surface area (Å²) in [6.07, 6.45) is -0.513. The molecule has 24 heteroatoms. The number of anilines is 2.